The van der Waals surface area contributed by atoms with Crippen molar-refractivity contribution in [1.29, 1.82) is 0 Å². The molecule has 2 aromatic carbocycles. The van der Waals surface area contributed by atoms with Crippen LogP contribution in [-0.4, -0.2) is 38.6 Å². The van der Waals surface area contributed by atoms with E-state index in [1.165, 1.54) is 12.1 Å². The van der Waals surface area contributed by atoms with Crippen LogP contribution in [0.5, 0.6) is 0 Å². The lowest BCUT2D eigenvalue weighted by Gasteiger charge is -2.36. The SMILES string of the molecule is CCOCC1COC(c2cc(F)c(C(F)(F)OC3(OC(F)(F)F)C=CC(c4cccc(F)c4)=C(F)C3)c(F)c2)OC1. The van der Waals surface area contributed by atoms with Crippen LogP contribution in [0.2, 0.25) is 0 Å². The average molecular weight is 598 g/mol. The fourth-order valence-corrected chi connectivity index (χ4v) is 4.33. The molecule has 0 aromatic heterocycles. The van der Waals surface area contributed by atoms with E-state index >= 15 is 8.78 Å². The molecule has 14 heteroatoms. The van der Waals surface area contributed by atoms with Gasteiger partial charge in [0.15, 0.2) is 6.29 Å². The monoisotopic (exact) mass is 598 g/mol. The second-order valence-electron chi connectivity index (χ2n) is 9.20. The maximum atomic E-state index is 15.2. The molecule has 0 bridgehead atoms. The largest absolute Gasteiger partial charge is 0.525 e. The fourth-order valence-electron chi connectivity index (χ4n) is 4.33. The summed E-state index contributed by atoms with van der Waals surface area (Å²) in [6.45, 7) is 2.67. The standard InChI is InChI=1S/C27H23F9O5/c1-2-37-12-15-13-38-24(39-14-15)17-9-20(29)23(21(30)10-17)26(32,33)40-25(41-27(34,35)36)7-6-19(22(31)11-25)16-4-3-5-18(28)8-16/h3-10,15,24H,2,11-14H2,1H3. The lowest BCUT2D eigenvalue weighted by atomic mass is 9.95. The summed E-state index contributed by atoms with van der Waals surface area (Å²) in [6, 6.07) is 5.21. The van der Waals surface area contributed by atoms with Crippen LogP contribution >= 0.6 is 0 Å². The minimum atomic E-state index is -5.65. The molecule has 0 radical (unpaired) electrons. The predicted molar refractivity (Wildman–Crippen MR) is 124 cm³/mol. The summed E-state index contributed by atoms with van der Waals surface area (Å²) in [4.78, 5) is 0. The van der Waals surface area contributed by atoms with Gasteiger partial charge in [-0.15, -0.1) is 13.2 Å². The van der Waals surface area contributed by atoms with Crippen molar-refractivity contribution in [2.75, 3.05) is 26.4 Å². The topological polar surface area (TPSA) is 46.2 Å². The molecule has 2 aliphatic rings. The second kappa shape index (κ2) is 12.1. The highest BCUT2D eigenvalue weighted by Gasteiger charge is 2.53. The number of benzene rings is 2. The Hall–Kier alpha value is -2.91. The quantitative estimate of drug-likeness (QED) is 0.222. The smallest absolute Gasteiger partial charge is 0.381 e. The van der Waals surface area contributed by atoms with Gasteiger partial charge in [-0.25, -0.2) is 17.6 Å². The lowest BCUT2D eigenvalue weighted by molar-refractivity contribution is -0.447. The molecular formula is C27H23F9O5. The van der Waals surface area contributed by atoms with Gasteiger partial charge in [-0.2, -0.15) is 8.78 Å². The predicted octanol–water partition coefficient (Wildman–Crippen LogP) is 7.44. The van der Waals surface area contributed by atoms with E-state index in [0.29, 0.717) is 37.5 Å². The van der Waals surface area contributed by atoms with Gasteiger partial charge >= 0.3 is 12.5 Å². The Kier molecular flexibility index (Phi) is 9.19. The third-order valence-electron chi connectivity index (χ3n) is 6.07. The molecule has 1 saturated heterocycles. The number of hydrogen-bond donors (Lipinski definition) is 0. The van der Waals surface area contributed by atoms with Crippen molar-refractivity contribution in [3.63, 3.8) is 0 Å². The summed E-state index contributed by atoms with van der Waals surface area (Å²) in [5, 5.41) is 0. The molecular weight excluding hydrogens is 575 g/mol. The first-order valence-electron chi connectivity index (χ1n) is 12.2. The molecule has 5 nitrogen and oxygen atoms in total. The molecule has 1 aliphatic heterocycles. The molecule has 41 heavy (non-hydrogen) atoms. The first-order chi connectivity index (χ1) is 19.2. The second-order valence-corrected chi connectivity index (χ2v) is 9.20. The third kappa shape index (κ3) is 7.49. The highest BCUT2D eigenvalue weighted by molar-refractivity contribution is 5.77. The van der Waals surface area contributed by atoms with Crippen LogP contribution in [-0.2, 0) is 29.8 Å². The maximum Gasteiger partial charge on any atom is 0.525 e. The number of ether oxygens (including phenoxy) is 5. The Morgan fingerprint density at radius 3 is 2.15 bits per heavy atom. The van der Waals surface area contributed by atoms with E-state index in [4.69, 9.17) is 14.2 Å². The molecule has 2 aromatic rings. The van der Waals surface area contributed by atoms with Gasteiger partial charge in [-0.05, 0) is 42.8 Å². The summed E-state index contributed by atoms with van der Waals surface area (Å²) in [5.41, 5.74) is -2.92. The highest BCUT2D eigenvalue weighted by atomic mass is 19.4. The van der Waals surface area contributed by atoms with Gasteiger partial charge in [0.1, 0.15) is 28.8 Å². The maximum absolute atomic E-state index is 15.2. The number of alkyl halides is 5. The Balaban J connectivity index is 1.59. The Morgan fingerprint density at radius 1 is 0.927 bits per heavy atom. The van der Waals surface area contributed by atoms with Gasteiger partial charge in [0.05, 0.1) is 26.2 Å². The molecule has 224 valence electrons. The number of allylic oxidation sites excluding steroid dienone is 2. The van der Waals surface area contributed by atoms with Gasteiger partial charge in [0.2, 0.25) is 5.79 Å². The lowest BCUT2D eigenvalue weighted by Crippen LogP contribution is -2.45. The number of rotatable bonds is 9. The molecule has 0 spiro atoms. The molecule has 0 saturated carbocycles. The zero-order valence-electron chi connectivity index (χ0n) is 21.3. The molecule has 1 unspecified atom stereocenters. The third-order valence-corrected chi connectivity index (χ3v) is 6.07. The Labute approximate surface area is 228 Å². The van der Waals surface area contributed by atoms with Crippen molar-refractivity contribution in [3.8, 4) is 0 Å². The number of halogens is 9. The first-order valence-corrected chi connectivity index (χ1v) is 12.2. The van der Waals surface area contributed by atoms with Crippen LogP contribution in [0.15, 0.2) is 54.4 Å². The zero-order chi connectivity index (χ0) is 30.0. The average Bonchev–Trinajstić information content (AvgIpc) is 2.85. The van der Waals surface area contributed by atoms with Crippen LogP contribution in [0.25, 0.3) is 5.57 Å². The Bertz CT molecular complexity index is 1280. The molecule has 1 fully saturated rings. The van der Waals surface area contributed by atoms with Crippen LogP contribution in [0, 0.1) is 23.4 Å². The minimum absolute atomic E-state index is 0.0786. The van der Waals surface area contributed by atoms with Gasteiger partial charge in [-0.3, -0.25) is 9.47 Å². The molecule has 1 atom stereocenters. The van der Waals surface area contributed by atoms with Crippen LogP contribution < -0.4 is 0 Å². The fraction of sp³-hybridized carbons (Fsp3) is 0.407. The Morgan fingerprint density at radius 2 is 1.59 bits per heavy atom. The summed E-state index contributed by atoms with van der Waals surface area (Å²) >= 11 is 0. The normalized spacial score (nSPS) is 23.8. The van der Waals surface area contributed by atoms with Crippen molar-refractivity contribution in [2.45, 2.75) is 37.9 Å². The van der Waals surface area contributed by atoms with Crippen LogP contribution in [0.1, 0.15) is 36.3 Å². The zero-order valence-corrected chi connectivity index (χ0v) is 21.3. The molecule has 0 N–H and O–H groups in total. The van der Waals surface area contributed by atoms with E-state index in [-0.39, 0.29) is 30.3 Å². The van der Waals surface area contributed by atoms with Gasteiger partial charge in [0, 0.05) is 23.7 Å². The minimum Gasteiger partial charge on any atom is -0.381 e. The van der Waals surface area contributed by atoms with Gasteiger partial charge < -0.3 is 14.2 Å². The van der Waals surface area contributed by atoms with Crippen LogP contribution in [0.3, 0.4) is 0 Å². The molecule has 1 heterocycles. The summed E-state index contributed by atoms with van der Waals surface area (Å²) < 4.78 is 152. The van der Waals surface area contributed by atoms with Crippen molar-refractivity contribution in [2.24, 2.45) is 5.92 Å². The summed E-state index contributed by atoms with van der Waals surface area (Å²) in [5.74, 6) is -9.79. The van der Waals surface area contributed by atoms with E-state index in [2.05, 4.69) is 9.47 Å². The molecule has 1 aliphatic carbocycles. The van der Waals surface area contributed by atoms with Crippen molar-refractivity contribution in [3.05, 3.63) is 88.5 Å². The van der Waals surface area contributed by atoms with Crippen LogP contribution in [0.4, 0.5) is 39.5 Å². The van der Waals surface area contributed by atoms with Crippen molar-refractivity contribution in [1.82, 2.24) is 0 Å². The van der Waals surface area contributed by atoms with E-state index in [1.54, 1.807) is 6.92 Å². The van der Waals surface area contributed by atoms with E-state index in [9.17, 15) is 30.7 Å². The van der Waals surface area contributed by atoms with Gasteiger partial charge in [-0.1, -0.05) is 18.2 Å². The van der Waals surface area contributed by atoms with Crippen molar-refractivity contribution >= 4 is 5.57 Å². The van der Waals surface area contributed by atoms with E-state index in [0.717, 1.165) is 12.1 Å². The molecule has 0 amide bonds. The van der Waals surface area contributed by atoms with Gasteiger partial charge in [0.25, 0.3) is 0 Å². The van der Waals surface area contributed by atoms with Crippen molar-refractivity contribution < 1.29 is 63.2 Å². The first kappa shape index (κ1) is 31.0. The summed E-state index contributed by atoms with van der Waals surface area (Å²) in [7, 11) is 0. The highest BCUT2D eigenvalue weighted by Crippen LogP contribution is 2.46. The number of hydrogen-bond acceptors (Lipinski definition) is 5. The van der Waals surface area contributed by atoms with E-state index < -0.39 is 65.4 Å². The molecule has 4 rings (SSSR count). The summed E-state index contributed by atoms with van der Waals surface area (Å²) in [6.07, 6.45) is -12.7. The van der Waals surface area contributed by atoms with E-state index in [1.807, 2.05) is 0 Å².